The van der Waals surface area contributed by atoms with E-state index in [1.54, 1.807) is 0 Å². The Morgan fingerprint density at radius 3 is 2.43 bits per heavy atom. The molecule has 0 aliphatic heterocycles. The molecule has 0 spiro atoms. The Labute approximate surface area is 143 Å². The lowest BCUT2D eigenvalue weighted by Gasteiger charge is -2.17. The Hall–Kier alpha value is -2.33. The molecule has 1 atom stereocenters. The minimum Gasteiger partial charge on any atom is -0.373 e. The van der Waals surface area contributed by atoms with Crippen molar-refractivity contribution in [1.29, 1.82) is 0 Å². The van der Waals surface area contributed by atoms with Gasteiger partial charge in [0.1, 0.15) is 6.04 Å². The van der Waals surface area contributed by atoms with E-state index in [0.717, 1.165) is 26.6 Å². The number of carbonyl (C=O) groups excluding carboxylic acids is 1. The molecule has 23 heavy (non-hydrogen) atoms. The van der Waals surface area contributed by atoms with Gasteiger partial charge in [-0.1, -0.05) is 52.3 Å². The molecular formula is C19H17BrN2O. The molecule has 0 unspecified atom stereocenters. The van der Waals surface area contributed by atoms with E-state index in [2.05, 4.69) is 44.8 Å². The van der Waals surface area contributed by atoms with Crippen molar-refractivity contribution in [2.45, 2.75) is 13.0 Å². The fourth-order valence-corrected chi connectivity index (χ4v) is 2.70. The minimum atomic E-state index is -0.343. The minimum absolute atomic E-state index is 0.0692. The van der Waals surface area contributed by atoms with Gasteiger partial charge in [-0.2, -0.15) is 0 Å². The van der Waals surface area contributed by atoms with Crippen LogP contribution >= 0.6 is 15.9 Å². The van der Waals surface area contributed by atoms with Gasteiger partial charge in [0.25, 0.3) is 0 Å². The van der Waals surface area contributed by atoms with Crippen LogP contribution in [0.4, 0.5) is 11.4 Å². The predicted molar refractivity (Wildman–Crippen MR) is 99.8 cm³/mol. The maximum Gasteiger partial charge on any atom is 0.246 e. The average Bonchev–Trinajstić information content (AvgIpc) is 2.57. The molecule has 0 saturated carbocycles. The molecule has 0 aliphatic carbocycles. The summed E-state index contributed by atoms with van der Waals surface area (Å²) in [4.78, 5) is 12.4. The standard InChI is InChI=1S/C19H17BrN2O/c1-13(19(23)22-16-11-9-15(20)10-12-16)21-18-8-4-6-14-5-2-3-7-17(14)18/h2-13,21H,1H3,(H,22,23)/t13-/m1/s1. The van der Waals surface area contributed by atoms with Crippen molar-refractivity contribution in [3.8, 4) is 0 Å². The van der Waals surface area contributed by atoms with Crippen LogP contribution in [0.15, 0.2) is 71.2 Å². The van der Waals surface area contributed by atoms with Crippen LogP contribution in [0.25, 0.3) is 10.8 Å². The van der Waals surface area contributed by atoms with Crippen molar-refractivity contribution in [2.24, 2.45) is 0 Å². The van der Waals surface area contributed by atoms with E-state index >= 15 is 0 Å². The first kappa shape index (κ1) is 15.6. The number of benzene rings is 3. The quantitative estimate of drug-likeness (QED) is 0.676. The van der Waals surface area contributed by atoms with E-state index in [4.69, 9.17) is 0 Å². The number of amides is 1. The maximum atomic E-state index is 12.4. The maximum absolute atomic E-state index is 12.4. The number of rotatable bonds is 4. The van der Waals surface area contributed by atoms with Crippen molar-refractivity contribution >= 4 is 44.0 Å². The molecule has 3 rings (SSSR count). The molecule has 0 heterocycles. The monoisotopic (exact) mass is 368 g/mol. The van der Waals surface area contributed by atoms with Crippen LogP contribution < -0.4 is 10.6 Å². The Bertz CT molecular complexity index is 825. The summed E-state index contributed by atoms with van der Waals surface area (Å²) in [6.45, 7) is 1.86. The molecule has 3 nitrogen and oxygen atoms in total. The molecule has 0 aliphatic rings. The third-order valence-electron chi connectivity index (χ3n) is 3.67. The second-order valence-electron chi connectivity index (χ2n) is 5.39. The first-order valence-corrected chi connectivity index (χ1v) is 8.23. The molecule has 1 amide bonds. The van der Waals surface area contributed by atoms with Gasteiger partial charge in [-0.05, 0) is 42.6 Å². The summed E-state index contributed by atoms with van der Waals surface area (Å²) >= 11 is 3.38. The molecule has 3 aromatic rings. The Morgan fingerprint density at radius 1 is 0.957 bits per heavy atom. The topological polar surface area (TPSA) is 41.1 Å². The van der Waals surface area contributed by atoms with E-state index < -0.39 is 0 Å². The number of fused-ring (bicyclic) bond motifs is 1. The molecular weight excluding hydrogens is 352 g/mol. The van der Waals surface area contributed by atoms with E-state index in [1.165, 1.54) is 0 Å². The molecule has 0 radical (unpaired) electrons. The third kappa shape index (κ3) is 3.71. The second-order valence-corrected chi connectivity index (χ2v) is 6.30. The smallest absolute Gasteiger partial charge is 0.246 e. The summed E-state index contributed by atoms with van der Waals surface area (Å²) in [7, 11) is 0. The lowest BCUT2D eigenvalue weighted by Crippen LogP contribution is -2.31. The summed E-state index contributed by atoms with van der Waals surface area (Å²) in [6.07, 6.45) is 0. The van der Waals surface area contributed by atoms with Gasteiger partial charge in [-0.25, -0.2) is 0 Å². The highest BCUT2D eigenvalue weighted by Gasteiger charge is 2.13. The van der Waals surface area contributed by atoms with E-state index in [9.17, 15) is 4.79 Å². The van der Waals surface area contributed by atoms with Crippen LogP contribution in [-0.4, -0.2) is 11.9 Å². The van der Waals surface area contributed by atoms with Crippen molar-refractivity contribution in [3.63, 3.8) is 0 Å². The third-order valence-corrected chi connectivity index (χ3v) is 4.20. The second kappa shape index (κ2) is 6.84. The lowest BCUT2D eigenvalue weighted by molar-refractivity contribution is -0.116. The van der Waals surface area contributed by atoms with Crippen molar-refractivity contribution < 1.29 is 4.79 Å². The number of carbonyl (C=O) groups is 1. The molecule has 3 aromatic carbocycles. The van der Waals surface area contributed by atoms with Gasteiger partial charge >= 0.3 is 0 Å². The molecule has 0 saturated heterocycles. The summed E-state index contributed by atoms with van der Waals surface area (Å²) in [6, 6.07) is 21.4. The highest BCUT2D eigenvalue weighted by molar-refractivity contribution is 9.10. The molecule has 0 fully saturated rings. The summed E-state index contributed by atoms with van der Waals surface area (Å²) in [5.41, 5.74) is 1.74. The van der Waals surface area contributed by atoms with Gasteiger partial charge in [-0.3, -0.25) is 4.79 Å². The van der Waals surface area contributed by atoms with Crippen molar-refractivity contribution in [3.05, 3.63) is 71.2 Å². The normalized spacial score (nSPS) is 11.9. The molecule has 0 bridgehead atoms. The van der Waals surface area contributed by atoms with Gasteiger partial charge in [0.15, 0.2) is 0 Å². The van der Waals surface area contributed by atoms with Crippen LogP contribution in [0.3, 0.4) is 0 Å². The average molecular weight is 369 g/mol. The fourth-order valence-electron chi connectivity index (χ4n) is 2.43. The Morgan fingerprint density at radius 2 is 1.65 bits per heavy atom. The number of hydrogen-bond donors (Lipinski definition) is 2. The van der Waals surface area contributed by atoms with Gasteiger partial charge in [0.05, 0.1) is 0 Å². The largest absolute Gasteiger partial charge is 0.373 e. The number of hydrogen-bond acceptors (Lipinski definition) is 2. The van der Waals surface area contributed by atoms with E-state index in [0.29, 0.717) is 0 Å². The lowest BCUT2D eigenvalue weighted by atomic mass is 10.1. The van der Waals surface area contributed by atoms with Crippen LogP contribution in [-0.2, 0) is 4.79 Å². The van der Waals surface area contributed by atoms with Gasteiger partial charge < -0.3 is 10.6 Å². The summed E-state index contributed by atoms with van der Waals surface area (Å²) in [5.74, 6) is -0.0692. The van der Waals surface area contributed by atoms with Crippen LogP contribution in [0.2, 0.25) is 0 Å². The van der Waals surface area contributed by atoms with Gasteiger partial charge in [0.2, 0.25) is 5.91 Å². The van der Waals surface area contributed by atoms with Gasteiger partial charge in [0, 0.05) is 21.2 Å². The van der Waals surface area contributed by atoms with Gasteiger partial charge in [-0.15, -0.1) is 0 Å². The Balaban J connectivity index is 1.73. The van der Waals surface area contributed by atoms with E-state index in [1.807, 2.05) is 55.5 Å². The Kier molecular flexibility index (Phi) is 4.63. The zero-order valence-corrected chi connectivity index (χ0v) is 14.3. The zero-order chi connectivity index (χ0) is 16.2. The summed E-state index contributed by atoms with van der Waals surface area (Å²) < 4.78 is 0.984. The van der Waals surface area contributed by atoms with Crippen LogP contribution in [0.5, 0.6) is 0 Å². The first-order valence-electron chi connectivity index (χ1n) is 7.44. The van der Waals surface area contributed by atoms with Crippen molar-refractivity contribution in [1.82, 2.24) is 0 Å². The van der Waals surface area contributed by atoms with Crippen LogP contribution in [0.1, 0.15) is 6.92 Å². The van der Waals surface area contributed by atoms with Crippen molar-refractivity contribution in [2.75, 3.05) is 10.6 Å². The first-order chi connectivity index (χ1) is 11.1. The number of anilines is 2. The number of nitrogens with one attached hydrogen (secondary N) is 2. The highest BCUT2D eigenvalue weighted by atomic mass is 79.9. The number of halogens is 1. The van der Waals surface area contributed by atoms with E-state index in [-0.39, 0.29) is 11.9 Å². The fraction of sp³-hybridized carbons (Fsp3) is 0.105. The SMILES string of the molecule is C[C@@H](Nc1cccc2ccccc12)C(=O)Nc1ccc(Br)cc1. The van der Waals surface area contributed by atoms with Crippen LogP contribution in [0, 0.1) is 0 Å². The predicted octanol–water partition coefficient (Wildman–Crippen LogP) is 5.04. The molecule has 0 aromatic heterocycles. The molecule has 4 heteroatoms. The molecule has 116 valence electrons. The summed E-state index contributed by atoms with van der Waals surface area (Å²) in [5, 5.41) is 8.47. The zero-order valence-electron chi connectivity index (χ0n) is 12.7. The highest BCUT2D eigenvalue weighted by Crippen LogP contribution is 2.23. The molecule has 2 N–H and O–H groups in total.